The molecule has 0 saturated carbocycles. The van der Waals surface area contributed by atoms with Gasteiger partial charge in [-0.05, 0) is 48.7 Å². The Balaban J connectivity index is 1.45. The van der Waals surface area contributed by atoms with Crippen LogP contribution in [0.5, 0.6) is 5.75 Å². The van der Waals surface area contributed by atoms with Gasteiger partial charge in [-0.25, -0.2) is 13.8 Å². The standard InChI is InChI=1S/C26H21F2N3O2/c27-19-9-11-22(33-16-17-6-2-1-3-7-17)25(28)24(19)26(32)18-8-10-20-21(14-18)30-23(15-29-20)31-12-4-5-13-31/h1-3,6-11,14-15H,4-5,12-13,16H2. The van der Waals surface area contributed by atoms with Crippen molar-refractivity contribution in [3.8, 4) is 5.75 Å². The largest absolute Gasteiger partial charge is 0.486 e. The van der Waals surface area contributed by atoms with E-state index >= 15 is 4.39 Å². The van der Waals surface area contributed by atoms with Crippen molar-refractivity contribution in [2.75, 3.05) is 18.0 Å². The molecule has 1 saturated heterocycles. The Hall–Kier alpha value is -3.87. The molecule has 0 bridgehead atoms. The highest BCUT2D eigenvalue weighted by Gasteiger charge is 2.23. The zero-order valence-electron chi connectivity index (χ0n) is 17.8. The van der Waals surface area contributed by atoms with Gasteiger partial charge in [0, 0.05) is 18.7 Å². The lowest BCUT2D eigenvalue weighted by molar-refractivity contribution is 0.103. The van der Waals surface area contributed by atoms with E-state index in [1.165, 1.54) is 18.2 Å². The average Bonchev–Trinajstić information content (AvgIpc) is 3.38. The van der Waals surface area contributed by atoms with Gasteiger partial charge in [0.05, 0.1) is 22.8 Å². The van der Waals surface area contributed by atoms with Crippen LogP contribution in [0.4, 0.5) is 14.6 Å². The van der Waals surface area contributed by atoms with E-state index in [1.54, 1.807) is 12.3 Å². The number of carbonyl (C=O) groups is 1. The quantitative estimate of drug-likeness (QED) is 0.376. The van der Waals surface area contributed by atoms with E-state index in [0.717, 1.165) is 43.4 Å². The van der Waals surface area contributed by atoms with Gasteiger partial charge in [0.25, 0.3) is 0 Å². The molecule has 3 aromatic carbocycles. The summed E-state index contributed by atoms with van der Waals surface area (Å²) < 4.78 is 35.2. The van der Waals surface area contributed by atoms with Gasteiger partial charge < -0.3 is 9.64 Å². The summed E-state index contributed by atoms with van der Waals surface area (Å²) in [6, 6.07) is 16.1. The second-order valence-electron chi connectivity index (χ2n) is 7.96. The molecule has 1 aliphatic rings. The molecule has 0 atom stereocenters. The summed E-state index contributed by atoms with van der Waals surface area (Å²) >= 11 is 0. The van der Waals surface area contributed by atoms with Crippen LogP contribution in [0.3, 0.4) is 0 Å². The Bertz CT molecular complexity index is 1320. The molecule has 0 N–H and O–H groups in total. The van der Waals surface area contributed by atoms with Crippen LogP contribution < -0.4 is 9.64 Å². The highest BCUT2D eigenvalue weighted by Crippen LogP contribution is 2.27. The predicted octanol–water partition coefficient (Wildman–Crippen LogP) is 5.32. The van der Waals surface area contributed by atoms with Crippen LogP contribution in [0.1, 0.15) is 34.3 Å². The highest BCUT2D eigenvalue weighted by molar-refractivity contribution is 6.10. The van der Waals surface area contributed by atoms with Crippen molar-refractivity contribution in [3.63, 3.8) is 0 Å². The van der Waals surface area contributed by atoms with Crippen LogP contribution in [-0.4, -0.2) is 28.8 Å². The number of carbonyl (C=O) groups excluding carboxylic acids is 1. The first-order chi connectivity index (χ1) is 16.1. The number of ether oxygens (including phenoxy) is 1. The van der Waals surface area contributed by atoms with Crippen molar-refractivity contribution in [3.05, 3.63) is 95.2 Å². The maximum Gasteiger partial charge on any atom is 0.199 e. The maximum atomic E-state index is 15.1. The van der Waals surface area contributed by atoms with Crippen LogP contribution in [0.15, 0.2) is 66.9 Å². The van der Waals surface area contributed by atoms with E-state index in [4.69, 9.17) is 4.74 Å². The Morgan fingerprint density at radius 1 is 0.970 bits per heavy atom. The molecule has 1 aliphatic heterocycles. The van der Waals surface area contributed by atoms with E-state index in [-0.39, 0.29) is 17.9 Å². The number of aromatic nitrogens is 2. The summed E-state index contributed by atoms with van der Waals surface area (Å²) in [6.45, 7) is 1.91. The monoisotopic (exact) mass is 445 g/mol. The van der Waals surface area contributed by atoms with E-state index in [2.05, 4.69) is 14.9 Å². The summed E-state index contributed by atoms with van der Waals surface area (Å²) in [4.78, 5) is 24.3. The molecular formula is C26H21F2N3O2. The fraction of sp³-hybridized carbons (Fsp3) is 0.192. The number of benzene rings is 3. The Kier molecular flexibility index (Phi) is 5.69. The molecular weight excluding hydrogens is 424 g/mol. The SMILES string of the molecule is O=C(c1ccc2ncc(N3CCCC3)nc2c1)c1c(F)ccc(OCc2ccccc2)c1F. The minimum atomic E-state index is -1.02. The topological polar surface area (TPSA) is 55.3 Å². The molecule has 0 unspecified atom stereocenters. The molecule has 4 aromatic rings. The third kappa shape index (κ3) is 4.26. The van der Waals surface area contributed by atoms with Gasteiger partial charge in [0.2, 0.25) is 0 Å². The first kappa shape index (κ1) is 21.0. The second-order valence-corrected chi connectivity index (χ2v) is 7.96. The minimum absolute atomic E-state index is 0.0991. The van der Waals surface area contributed by atoms with Gasteiger partial charge in [-0.15, -0.1) is 0 Å². The zero-order valence-corrected chi connectivity index (χ0v) is 17.8. The minimum Gasteiger partial charge on any atom is -0.486 e. The van der Waals surface area contributed by atoms with Gasteiger partial charge in [0.1, 0.15) is 18.2 Å². The van der Waals surface area contributed by atoms with E-state index in [1.807, 2.05) is 30.3 Å². The third-order valence-electron chi connectivity index (χ3n) is 5.74. The summed E-state index contributed by atoms with van der Waals surface area (Å²) in [5.41, 5.74) is 1.42. The number of rotatable bonds is 6. The van der Waals surface area contributed by atoms with Crippen molar-refractivity contribution in [2.45, 2.75) is 19.4 Å². The number of halogens is 2. The molecule has 1 fully saturated rings. The smallest absolute Gasteiger partial charge is 0.199 e. The molecule has 7 heteroatoms. The van der Waals surface area contributed by atoms with Crippen LogP contribution in [0, 0.1) is 11.6 Å². The molecule has 0 radical (unpaired) electrons. The fourth-order valence-electron chi connectivity index (χ4n) is 3.97. The van der Waals surface area contributed by atoms with Gasteiger partial charge in [-0.2, -0.15) is 0 Å². The lowest BCUT2D eigenvalue weighted by Crippen LogP contribution is -2.19. The van der Waals surface area contributed by atoms with Crippen LogP contribution in [0.25, 0.3) is 11.0 Å². The Morgan fingerprint density at radius 3 is 2.55 bits per heavy atom. The lowest BCUT2D eigenvalue weighted by Gasteiger charge is -2.16. The lowest BCUT2D eigenvalue weighted by atomic mass is 10.0. The molecule has 33 heavy (non-hydrogen) atoms. The Labute approximate surface area is 189 Å². The molecule has 0 amide bonds. The van der Waals surface area contributed by atoms with Gasteiger partial charge in [-0.1, -0.05) is 30.3 Å². The predicted molar refractivity (Wildman–Crippen MR) is 122 cm³/mol. The number of hydrogen-bond donors (Lipinski definition) is 0. The molecule has 5 nitrogen and oxygen atoms in total. The van der Waals surface area contributed by atoms with Crippen molar-refractivity contribution in [2.24, 2.45) is 0 Å². The van der Waals surface area contributed by atoms with Gasteiger partial charge in [0.15, 0.2) is 17.3 Å². The highest BCUT2D eigenvalue weighted by atomic mass is 19.1. The molecule has 0 spiro atoms. The third-order valence-corrected chi connectivity index (χ3v) is 5.74. The molecule has 0 aliphatic carbocycles. The van der Waals surface area contributed by atoms with Crippen molar-refractivity contribution >= 4 is 22.6 Å². The molecule has 2 heterocycles. The van der Waals surface area contributed by atoms with Crippen molar-refractivity contribution in [1.82, 2.24) is 9.97 Å². The number of hydrogen-bond acceptors (Lipinski definition) is 5. The van der Waals surface area contributed by atoms with Crippen LogP contribution >= 0.6 is 0 Å². The van der Waals surface area contributed by atoms with Crippen LogP contribution in [0.2, 0.25) is 0 Å². The first-order valence-electron chi connectivity index (χ1n) is 10.8. The fourth-order valence-corrected chi connectivity index (χ4v) is 3.97. The number of ketones is 1. The average molecular weight is 445 g/mol. The number of nitrogens with zero attached hydrogens (tertiary/aromatic N) is 3. The normalized spacial score (nSPS) is 13.5. The van der Waals surface area contributed by atoms with E-state index in [0.29, 0.717) is 11.0 Å². The molecule has 1 aromatic heterocycles. The Morgan fingerprint density at radius 2 is 1.76 bits per heavy atom. The summed E-state index contributed by atoms with van der Waals surface area (Å²) in [5.74, 6) is -2.18. The zero-order chi connectivity index (χ0) is 22.8. The van der Waals surface area contributed by atoms with Crippen LogP contribution in [-0.2, 0) is 6.61 Å². The second kappa shape index (κ2) is 8.94. The van der Waals surface area contributed by atoms with Crippen molar-refractivity contribution < 1.29 is 18.3 Å². The first-order valence-corrected chi connectivity index (χ1v) is 10.8. The summed E-state index contributed by atoms with van der Waals surface area (Å²) in [6.07, 6.45) is 3.90. The van der Waals surface area contributed by atoms with Crippen molar-refractivity contribution in [1.29, 1.82) is 0 Å². The molecule has 5 rings (SSSR count). The molecule has 166 valence electrons. The summed E-state index contributed by atoms with van der Waals surface area (Å²) in [7, 11) is 0. The van der Waals surface area contributed by atoms with E-state index in [9.17, 15) is 9.18 Å². The number of fused-ring (bicyclic) bond motifs is 1. The summed E-state index contributed by atoms with van der Waals surface area (Å²) in [5, 5.41) is 0. The number of anilines is 1. The van der Waals surface area contributed by atoms with Gasteiger partial charge in [-0.3, -0.25) is 9.78 Å². The van der Waals surface area contributed by atoms with E-state index < -0.39 is 23.0 Å². The maximum absolute atomic E-state index is 15.1. The van der Waals surface area contributed by atoms with Gasteiger partial charge >= 0.3 is 0 Å².